The number of carboxylic acid groups (broad SMARTS) is 2. The number of thiol groups is 1. The smallest absolute Gasteiger partial charge is 0.323 e. The average molecular weight is 577 g/mol. The molecule has 208 valence electrons. The topological polar surface area (TPSA) is 174 Å². The molecule has 0 aromatic carbocycles. The molecule has 4 amide bonds. The van der Waals surface area contributed by atoms with E-state index >= 15 is 0 Å². The number of aliphatic carboxylic acids is 2. The minimum Gasteiger partial charge on any atom is -0.480 e. The molecule has 2 saturated heterocycles. The molecule has 14 heteroatoms. The predicted molar refractivity (Wildman–Crippen MR) is 147 cm³/mol. The Balaban J connectivity index is 1.59. The molecule has 2 aliphatic heterocycles. The maximum atomic E-state index is 12.2. The zero-order chi connectivity index (χ0) is 27.6. The lowest BCUT2D eigenvalue weighted by atomic mass is 10.0. The number of carboxylic acids is 2. The lowest BCUT2D eigenvalue weighted by Gasteiger charge is -2.32. The van der Waals surface area contributed by atoms with Crippen LogP contribution in [0.2, 0.25) is 0 Å². The van der Waals surface area contributed by atoms with Crippen LogP contribution in [0, 0.1) is 0 Å². The van der Waals surface area contributed by atoms with Crippen LogP contribution < -0.4 is 21.3 Å². The lowest BCUT2D eigenvalue weighted by Crippen LogP contribution is -2.55. The second-order valence-corrected chi connectivity index (χ2v) is 12.6. The van der Waals surface area contributed by atoms with E-state index in [2.05, 4.69) is 40.5 Å². The molecule has 2 heterocycles. The molecule has 11 nitrogen and oxygen atoms in total. The SMILES string of the molecule is C=C(C)S[C@@](CNC(=O)CCCCNC(=O)CCCC[C@@H]1SC[C@@H]2NC(=O)N[C@@H]21)(C(=O)O)C(S)C(=O)O. The lowest BCUT2D eigenvalue weighted by molar-refractivity contribution is -0.145. The molecule has 0 radical (unpaired) electrons. The summed E-state index contributed by atoms with van der Waals surface area (Å²) in [4.78, 5) is 59.4. The summed E-state index contributed by atoms with van der Waals surface area (Å²) in [6.45, 7) is 5.20. The number of carbonyl (C=O) groups is 5. The van der Waals surface area contributed by atoms with Crippen LogP contribution >= 0.6 is 36.2 Å². The molecule has 2 rings (SSSR count). The van der Waals surface area contributed by atoms with Crippen LogP contribution in [-0.4, -0.2) is 86.2 Å². The highest BCUT2D eigenvalue weighted by molar-refractivity contribution is 8.05. The number of hydrogen-bond acceptors (Lipinski definition) is 8. The van der Waals surface area contributed by atoms with Gasteiger partial charge >= 0.3 is 18.0 Å². The summed E-state index contributed by atoms with van der Waals surface area (Å²) in [7, 11) is 0. The number of urea groups is 1. The maximum absolute atomic E-state index is 12.2. The van der Waals surface area contributed by atoms with Gasteiger partial charge in [-0.3, -0.25) is 19.2 Å². The molecule has 0 aromatic heterocycles. The van der Waals surface area contributed by atoms with Crippen molar-refractivity contribution in [2.24, 2.45) is 0 Å². The fourth-order valence-corrected chi connectivity index (χ4v) is 7.22. The van der Waals surface area contributed by atoms with Crippen molar-refractivity contribution in [2.75, 3.05) is 18.8 Å². The van der Waals surface area contributed by atoms with Gasteiger partial charge in [0.1, 0.15) is 5.25 Å². The van der Waals surface area contributed by atoms with E-state index in [0.717, 1.165) is 36.8 Å². The van der Waals surface area contributed by atoms with Crippen LogP contribution in [0.3, 0.4) is 0 Å². The molecular formula is C23H36N4O7S3. The number of allylic oxidation sites excluding steroid dienone is 1. The van der Waals surface area contributed by atoms with Gasteiger partial charge in [0.05, 0.1) is 12.1 Å². The van der Waals surface area contributed by atoms with Gasteiger partial charge in [-0.1, -0.05) is 13.0 Å². The molecule has 0 bridgehead atoms. The van der Waals surface area contributed by atoms with Crippen molar-refractivity contribution in [3.05, 3.63) is 11.5 Å². The Kier molecular flexibility index (Phi) is 12.4. The third-order valence-electron chi connectivity index (χ3n) is 6.18. The molecule has 2 fully saturated rings. The van der Waals surface area contributed by atoms with Gasteiger partial charge in [-0.25, -0.2) is 4.79 Å². The Morgan fingerprint density at radius 3 is 2.41 bits per heavy atom. The quantitative estimate of drug-likeness (QED) is 0.0771. The van der Waals surface area contributed by atoms with Crippen LogP contribution in [0.4, 0.5) is 4.79 Å². The zero-order valence-electron chi connectivity index (χ0n) is 20.8. The first-order valence-electron chi connectivity index (χ1n) is 12.2. The summed E-state index contributed by atoms with van der Waals surface area (Å²) in [5, 5.41) is 29.0. The van der Waals surface area contributed by atoms with Crippen LogP contribution in [0.15, 0.2) is 11.5 Å². The van der Waals surface area contributed by atoms with E-state index < -0.39 is 34.4 Å². The van der Waals surface area contributed by atoms with Gasteiger partial charge in [0.2, 0.25) is 11.8 Å². The maximum Gasteiger partial charge on any atom is 0.323 e. The molecule has 0 aliphatic carbocycles. The Labute approximate surface area is 230 Å². The largest absolute Gasteiger partial charge is 0.480 e. The molecule has 0 saturated carbocycles. The van der Waals surface area contributed by atoms with Crippen molar-refractivity contribution < 1.29 is 34.2 Å². The number of hydrogen-bond donors (Lipinski definition) is 7. The first-order valence-corrected chi connectivity index (χ1v) is 14.5. The average Bonchev–Trinajstić information content (AvgIpc) is 3.37. The fourth-order valence-electron chi connectivity index (χ4n) is 4.25. The van der Waals surface area contributed by atoms with Crippen molar-refractivity contribution in [2.45, 2.75) is 79.2 Å². The van der Waals surface area contributed by atoms with Crippen LogP contribution in [0.5, 0.6) is 0 Å². The van der Waals surface area contributed by atoms with Gasteiger partial charge in [-0.2, -0.15) is 24.4 Å². The number of fused-ring (bicyclic) bond motifs is 1. The summed E-state index contributed by atoms with van der Waals surface area (Å²) >= 11 is 6.56. The van der Waals surface area contributed by atoms with E-state index in [0.29, 0.717) is 36.0 Å². The van der Waals surface area contributed by atoms with Crippen LogP contribution in [0.1, 0.15) is 51.9 Å². The Morgan fingerprint density at radius 2 is 1.78 bits per heavy atom. The highest BCUT2D eigenvalue weighted by atomic mass is 32.2. The third kappa shape index (κ3) is 9.32. The van der Waals surface area contributed by atoms with Gasteiger partial charge in [-0.15, -0.1) is 11.8 Å². The van der Waals surface area contributed by atoms with Crippen molar-refractivity contribution in [3.63, 3.8) is 0 Å². The molecule has 1 unspecified atom stereocenters. The van der Waals surface area contributed by atoms with E-state index in [1.54, 1.807) is 6.92 Å². The summed E-state index contributed by atoms with van der Waals surface area (Å²) < 4.78 is -1.90. The molecule has 0 aromatic rings. The summed E-state index contributed by atoms with van der Waals surface area (Å²) in [6.07, 6.45) is 4.20. The minimum atomic E-state index is -1.90. The highest BCUT2D eigenvalue weighted by Gasteiger charge is 2.49. The summed E-state index contributed by atoms with van der Waals surface area (Å²) in [6, 6.07) is 0.273. The van der Waals surface area contributed by atoms with Gasteiger partial charge in [0.25, 0.3) is 0 Å². The molecule has 5 atom stereocenters. The zero-order valence-corrected chi connectivity index (χ0v) is 23.3. The Bertz CT molecular complexity index is 890. The number of amides is 4. The van der Waals surface area contributed by atoms with E-state index in [-0.39, 0.29) is 30.4 Å². The third-order valence-corrected chi connectivity index (χ3v) is 9.79. The molecule has 0 spiro atoms. The number of rotatable bonds is 17. The number of thioether (sulfide) groups is 2. The van der Waals surface area contributed by atoms with Gasteiger partial charge in [-0.05, 0) is 37.5 Å². The molecular weight excluding hydrogens is 540 g/mol. The number of nitrogens with one attached hydrogen (secondary N) is 4. The van der Waals surface area contributed by atoms with Gasteiger partial charge < -0.3 is 31.5 Å². The first kappa shape index (κ1) is 31.2. The second kappa shape index (κ2) is 14.8. The van der Waals surface area contributed by atoms with Crippen LogP contribution in [0.25, 0.3) is 0 Å². The molecule has 2 aliphatic rings. The van der Waals surface area contributed by atoms with Gasteiger partial charge in [0, 0.05) is 36.9 Å². The number of unbranched alkanes of at least 4 members (excludes halogenated alkanes) is 2. The Morgan fingerprint density at radius 1 is 1.14 bits per heavy atom. The van der Waals surface area contributed by atoms with Crippen LogP contribution in [-0.2, 0) is 19.2 Å². The summed E-state index contributed by atoms with van der Waals surface area (Å²) in [5.41, 5.74) is 0. The van der Waals surface area contributed by atoms with E-state index in [9.17, 15) is 34.2 Å². The minimum absolute atomic E-state index is 0.0474. The first-order chi connectivity index (χ1) is 17.5. The molecule has 6 N–H and O–H groups in total. The molecule has 37 heavy (non-hydrogen) atoms. The van der Waals surface area contributed by atoms with E-state index in [1.807, 2.05) is 11.8 Å². The predicted octanol–water partition coefficient (Wildman–Crippen LogP) is 1.59. The van der Waals surface area contributed by atoms with Crippen molar-refractivity contribution in [1.29, 1.82) is 0 Å². The monoisotopic (exact) mass is 576 g/mol. The number of carbonyl (C=O) groups excluding carboxylic acids is 3. The van der Waals surface area contributed by atoms with Crippen molar-refractivity contribution in [1.82, 2.24) is 21.3 Å². The second-order valence-electron chi connectivity index (χ2n) is 9.19. The van der Waals surface area contributed by atoms with Gasteiger partial charge in [0.15, 0.2) is 4.75 Å². The summed E-state index contributed by atoms with van der Waals surface area (Å²) in [5.74, 6) is -2.35. The van der Waals surface area contributed by atoms with Crippen molar-refractivity contribution >= 4 is 65.9 Å². The van der Waals surface area contributed by atoms with E-state index in [4.69, 9.17) is 0 Å². The highest BCUT2D eigenvalue weighted by Crippen LogP contribution is 2.37. The fraction of sp³-hybridized carbons (Fsp3) is 0.696. The normalized spacial score (nSPS) is 22.6. The van der Waals surface area contributed by atoms with E-state index in [1.165, 1.54) is 0 Å². The van der Waals surface area contributed by atoms with Crippen molar-refractivity contribution in [3.8, 4) is 0 Å². The Hall–Kier alpha value is -2.06. The standard InChI is InChI=1S/C23H36N4O7S3/c1-13(2)37-23(21(32)33,19(35)20(30)31)12-25-17(29)9-5-6-10-24-16(28)8-4-3-7-15-18-14(11-36-15)26-22(34)27-18/h14-15,18-19,35H,1,3-12H2,2H3,(H,24,28)(H,25,29)(H,30,31)(H,32,33)(H2,26,27,34)/t14-,15-,18-,19?,23+/m0/s1.